The van der Waals surface area contributed by atoms with Crippen LogP contribution in [-0.4, -0.2) is 41.4 Å². The molecular formula is C7H12O4. The predicted molar refractivity (Wildman–Crippen MR) is 35.8 cm³/mol. The largest absolute Gasteiger partial charge is 0.384 e. The second-order valence-corrected chi connectivity index (χ2v) is 3.35. The quantitative estimate of drug-likeness (QED) is 0.482. The van der Waals surface area contributed by atoms with Crippen LogP contribution in [0.15, 0.2) is 0 Å². The van der Waals surface area contributed by atoms with Crippen molar-refractivity contribution < 1.29 is 19.7 Å². The van der Waals surface area contributed by atoms with E-state index in [1.54, 1.807) is 0 Å². The van der Waals surface area contributed by atoms with Crippen LogP contribution in [-0.2, 0) is 9.47 Å². The molecule has 0 aromatic carbocycles. The SMILES string of the molecule is C[C@@H]1OC[C@@]2(O)CO[C@H](O)[C@@H]12. The van der Waals surface area contributed by atoms with E-state index in [2.05, 4.69) is 0 Å². The van der Waals surface area contributed by atoms with Gasteiger partial charge in [-0.1, -0.05) is 0 Å². The molecule has 2 heterocycles. The standard InChI is InChI=1S/C7H12O4/c1-4-5-6(8)11-3-7(5,9)2-10-4/h4-6,8-9H,2-3H2,1H3/t4-,5+,6-,7+/m0/s1. The highest BCUT2D eigenvalue weighted by Gasteiger charge is 2.55. The molecule has 4 heteroatoms. The molecule has 11 heavy (non-hydrogen) atoms. The summed E-state index contributed by atoms with van der Waals surface area (Å²) in [6.07, 6.45) is -0.977. The fraction of sp³-hybridized carbons (Fsp3) is 1.00. The molecule has 0 unspecified atom stereocenters. The highest BCUT2D eigenvalue weighted by Crippen LogP contribution is 2.39. The van der Waals surface area contributed by atoms with Gasteiger partial charge in [0, 0.05) is 0 Å². The molecule has 0 bridgehead atoms. The van der Waals surface area contributed by atoms with Gasteiger partial charge in [0.15, 0.2) is 6.29 Å². The zero-order chi connectivity index (χ0) is 8.06. The fourth-order valence-electron chi connectivity index (χ4n) is 1.88. The van der Waals surface area contributed by atoms with E-state index in [0.717, 1.165) is 0 Å². The number of rotatable bonds is 0. The van der Waals surface area contributed by atoms with Gasteiger partial charge in [-0.25, -0.2) is 0 Å². The third-order valence-corrected chi connectivity index (χ3v) is 2.53. The van der Waals surface area contributed by atoms with Crippen LogP contribution in [0.2, 0.25) is 0 Å². The Hall–Kier alpha value is -0.160. The molecule has 0 aliphatic carbocycles. The van der Waals surface area contributed by atoms with Gasteiger partial charge in [-0.05, 0) is 6.92 Å². The van der Waals surface area contributed by atoms with Crippen molar-refractivity contribution in [1.82, 2.24) is 0 Å². The molecule has 64 valence electrons. The minimum absolute atomic E-state index is 0.113. The average molecular weight is 160 g/mol. The summed E-state index contributed by atoms with van der Waals surface area (Å²) >= 11 is 0. The first-order valence-corrected chi connectivity index (χ1v) is 3.77. The first-order chi connectivity index (χ1) is 5.13. The van der Waals surface area contributed by atoms with E-state index in [9.17, 15) is 10.2 Å². The Labute approximate surface area is 64.7 Å². The van der Waals surface area contributed by atoms with Crippen molar-refractivity contribution in [3.8, 4) is 0 Å². The molecule has 0 aromatic heterocycles. The van der Waals surface area contributed by atoms with E-state index < -0.39 is 11.9 Å². The molecule has 4 nitrogen and oxygen atoms in total. The first-order valence-electron chi connectivity index (χ1n) is 3.77. The number of fused-ring (bicyclic) bond motifs is 1. The van der Waals surface area contributed by atoms with Gasteiger partial charge in [0.05, 0.1) is 25.2 Å². The van der Waals surface area contributed by atoms with E-state index in [1.807, 2.05) is 6.92 Å². The summed E-state index contributed by atoms with van der Waals surface area (Å²) in [5, 5.41) is 19.0. The van der Waals surface area contributed by atoms with Crippen molar-refractivity contribution >= 4 is 0 Å². The van der Waals surface area contributed by atoms with Gasteiger partial charge in [-0.2, -0.15) is 0 Å². The van der Waals surface area contributed by atoms with E-state index in [-0.39, 0.29) is 25.2 Å². The molecule has 2 saturated heterocycles. The van der Waals surface area contributed by atoms with Crippen LogP contribution < -0.4 is 0 Å². The van der Waals surface area contributed by atoms with Crippen LogP contribution in [0.3, 0.4) is 0 Å². The van der Waals surface area contributed by atoms with Crippen LogP contribution in [0.5, 0.6) is 0 Å². The van der Waals surface area contributed by atoms with Crippen LogP contribution in [0.25, 0.3) is 0 Å². The summed E-state index contributed by atoms with van der Waals surface area (Å²) in [6, 6.07) is 0. The molecule has 0 radical (unpaired) electrons. The summed E-state index contributed by atoms with van der Waals surface area (Å²) in [4.78, 5) is 0. The van der Waals surface area contributed by atoms with Gasteiger partial charge in [-0.15, -0.1) is 0 Å². The molecule has 2 aliphatic rings. The minimum Gasteiger partial charge on any atom is -0.384 e. The second kappa shape index (κ2) is 2.17. The van der Waals surface area contributed by atoms with Crippen molar-refractivity contribution in [3.63, 3.8) is 0 Å². The zero-order valence-corrected chi connectivity index (χ0v) is 6.36. The lowest BCUT2D eigenvalue weighted by Crippen LogP contribution is -2.39. The van der Waals surface area contributed by atoms with Gasteiger partial charge in [-0.3, -0.25) is 0 Å². The lowest BCUT2D eigenvalue weighted by molar-refractivity contribution is -0.105. The van der Waals surface area contributed by atoms with E-state index in [1.165, 1.54) is 0 Å². The van der Waals surface area contributed by atoms with Crippen molar-refractivity contribution in [2.24, 2.45) is 5.92 Å². The molecule has 2 N–H and O–H groups in total. The van der Waals surface area contributed by atoms with Crippen LogP contribution in [0.1, 0.15) is 6.92 Å². The monoisotopic (exact) mass is 160 g/mol. The van der Waals surface area contributed by atoms with Crippen molar-refractivity contribution in [2.45, 2.75) is 24.9 Å². The Kier molecular flexibility index (Phi) is 1.47. The van der Waals surface area contributed by atoms with Gasteiger partial charge in [0.1, 0.15) is 5.60 Å². The molecule has 4 atom stereocenters. The highest BCUT2D eigenvalue weighted by molar-refractivity contribution is 5.00. The van der Waals surface area contributed by atoms with Gasteiger partial charge < -0.3 is 19.7 Å². The molecular weight excluding hydrogens is 148 g/mol. The Bertz CT molecular complexity index is 156. The number of hydrogen-bond acceptors (Lipinski definition) is 4. The fourth-order valence-corrected chi connectivity index (χ4v) is 1.88. The first kappa shape index (κ1) is 7.49. The second-order valence-electron chi connectivity index (χ2n) is 3.35. The topological polar surface area (TPSA) is 58.9 Å². The summed E-state index contributed by atoms with van der Waals surface area (Å²) < 4.78 is 10.1. The van der Waals surface area contributed by atoms with E-state index >= 15 is 0 Å². The van der Waals surface area contributed by atoms with E-state index in [4.69, 9.17) is 9.47 Å². The maximum absolute atomic E-state index is 9.76. The van der Waals surface area contributed by atoms with Crippen LogP contribution in [0.4, 0.5) is 0 Å². The third kappa shape index (κ3) is 0.906. The lowest BCUT2D eigenvalue weighted by atomic mass is 9.90. The molecule has 2 aliphatic heterocycles. The van der Waals surface area contributed by atoms with Crippen LogP contribution >= 0.6 is 0 Å². The van der Waals surface area contributed by atoms with Crippen molar-refractivity contribution in [3.05, 3.63) is 0 Å². The Morgan fingerprint density at radius 3 is 2.64 bits per heavy atom. The smallest absolute Gasteiger partial charge is 0.162 e. The summed E-state index contributed by atoms with van der Waals surface area (Å²) in [6.45, 7) is 2.29. The number of ether oxygens (including phenoxy) is 2. The summed E-state index contributed by atoms with van der Waals surface area (Å²) in [5.41, 5.74) is -0.946. The molecule has 2 fully saturated rings. The number of aliphatic hydroxyl groups is 2. The predicted octanol–water partition coefficient (Wildman–Crippen LogP) is -0.899. The normalized spacial score (nSPS) is 56.5. The van der Waals surface area contributed by atoms with Crippen LogP contribution in [0, 0.1) is 5.92 Å². The molecule has 0 spiro atoms. The Morgan fingerprint density at radius 2 is 2.00 bits per heavy atom. The minimum atomic E-state index is -0.946. The molecule has 0 amide bonds. The highest BCUT2D eigenvalue weighted by atomic mass is 16.6. The number of aliphatic hydroxyl groups excluding tert-OH is 1. The van der Waals surface area contributed by atoms with Gasteiger partial charge in [0.2, 0.25) is 0 Å². The van der Waals surface area contributed by atoms with Crippen molar-refractivity contribution in [1.29, 1.82) is 0 Å². The summed E-state index contributed by atoms with van der Waals surface area (Å²) in [7, 11) is 0. The van der Waals surface area contributed by atoms with Gasteiger partial charge in [0.25, 0.3) is 0 Å². The number of hydrogen-bond donors (Lipinski definition) is 2. The summed E-state index contributed by atoms with van der Waals surface area (Å²) in [5.74, 6) is -0.275. The maximum atomic E-state index is 9.76. The maximum Gasteiger partial charge on any atom is 0.162 e. The average Bonchev–Trinajstić information content (AvgIpc) is 2.38. The van der Waals surface area contributed by atoms with Crippen molar-refractivity contribution in [2.75, 3.05) is 13.2 Å². The Morgan fingerprint density at radius 1 is 1.36 bits per heavy atom. The molecule has 0 saturated carbocycles. The molecule has 0 aromatic rings. The Balaban J connectivity index is 2.23. The zero-order valence-electron chi connectivity index (χ0n) is 6.36. The van der Waals surface area contributed by atoms with E-state index in [0.29, 0.717) is 0 Å². The third-order valence-electron chi connectivity index (χ3n) is 2.53. The van der Waals surface area contributed by atoms with Gasteiger partial charge >= 0.3 is 0 Å². The molecule has 2 rings (SSSR count). The lowest BCUT2D eigenvalue weighted by Gasteiger charge is -2.19.